The number of anilines is 1. The van der Waals surface area contributed by atoms with Crippen LogP contribution in [0, 0.1) is 11.6 Å². The summed E-state index contributed by atoms with van der Waals surface area (Å²) in [6.07, 6.45) is 1.42. The second-order valence-electron chi connectivity index (χ2n) is 6.37. The van der Waals surface area contributed by atoms with Crippen LogP contribution >= 0.6 is 24.0 Å². The monoisotopic (exact) mass is 486 g/mol. The highest BCUT2D eigenvalue weighted by Crippen LogP contribution is 2.19. The van der Waals surface area contributed by atoms with Crippen molar-refractivity contribution in [2.75, 3.05) is 31.6 Å². The Morgan fingerprint density at radius 2 is 1.93 bits per heavy atom. The van der Waals surface area contributed by atoms with Crippen molar-refractivity contribution in [3.8, 4) is 0 Å². The molecule has 3 rings (SSSR count). The molecule has 1 aliphatic rings. The number of nitrogens with one attached hydrogen (secondary N) is 2. The van der Waals surface area contributed by atoms with Crippen molar-refractivity contribution >= 4 is 35.6 Å². The van der Waals surface area contributed by atoms with Gasteiger partial charge in [0.25, 0.3) is 0 Å². The van der Waals surface area contributed by atoms with Crippen molar-refractivity contribution in [1.82, 2.24) is 10.6 Å². The number of para-hydroxylation sites is 1. The lowest BCUT2D eigenvalue weighted by Gasteiger charge is -2.20. The zero-order valence-electron chi connectivity index (χ0n) is 15.3. The van der Waals surface area contributed by atoms with E-state index in [9.17, 15) is 8.78 Å². The predicted molar refractivity (Wildman–Crippen MR) is 117 cm³/mol. The largest absolute Gasteiger partial charge is 0.369 e. The molecule has 1 heterocycles. The van der Waals surface area contributed by atoms with Gasteiger partial charge in [-0.15, -0.1) is 24.0 Å². The van der Waals surface area contributed by atoms with Crippen LogP contribution in [-0.2, 0) is 6.42 Å². The summed E-state index contributed by atoms with van der Waals surface area (Å²) in [4.78, 5) is 6.57. The van der Waals surface area contributed by atoms with E-state index in [-0.39, 0.29) is 24.0 Å². The standard InChI is InChI=1S/C20H24F2N4.HI/c1-23-20(24-12-10-15-6-5-9-18(21)19(15)22)25-16-11-13-26(14-16)17-7-3-2-4-8-17;/h2-9,16H,10-14H2,1H3,(H2,23,24,25);1H. The maximum atomic E-state index is 13.7. The second-order valence-corrected chi connectivity index (χ2v) is 6.37. The molecule has 0 bridgehead atoms. The van der Waals surface area contributed by atoms with E-state index in [0.717, 1.165) is 25.6 Å². The van der Waals surface area contributed by atoms with Crippen molar-refractivity contribution in [2.45, 2.75) is 18.9 Å². The smallest absolute Gasteiger partial charge is 0.191 e. The van der Waals surface area contributed by atoms with Crippen LogP contribution in [0.3, 0.4) is 0 Å². The molecule has 0 aliphatic carbocycles. The molecule has 146 valence electrons. The van der Waals surface area contributed by atoms with Gasteiger partial charge in [0.1, 0.15) is 0 Å². The van der Waals surface area contributed by atoms with Gasteiger partial charge in [0, 0.05) is 38.4 Å². The summed E-state index contributed by atoms with van der Waals surface area (Å²) in [6.45, 7) is 2.38. The number of hydrogen-bond donors (Lipinski definition) is 2. The van der Waals surface area contributed by atoms with Gasteiger partial charge in [-0.25, -0.2) is 8.78 Å². The quantitative estimate of drug-likeness (QED) is 0.386. The van der Waals surface area contributed by atoms with E-state index in [0.29, 0.717) is 30.5 Å². The molecule has 0 radical (unpaired) electrons. The molecule has 1 atom stereocenters. The summed E-state index contributed by atoms with van der Waals surface area (Å²) in [5, 5.41) is 6.58. The number of aliphatic imine (C=N–C) groups is 1. The molecule has 7 heteroatoms. The van der Waals surface area contributed by atoms with E-state index in [1.165, 1.54) is 11.8 Å². The molecule has 1 saturated heterocycles. The molecule has 0 amide bonds. The molecule has 1 fully saturated rings. The number of guanidine groups is 1. The number of nitrogens with zero attached hydrogens (tertiary/aromatic N) is 2. The van der Waals surface area contributed by atoms with Gasteiger partial charge in [0.15, 0.2) is 17.6 Å². The first-order valence-corrected chi connectivity index (χ1v) is 8.87. The first kappa shape index (κ1) is 21.4. The number of benzene rings is 2. The highest BCUT2D eigenvalue weighted by molar-refractivity contribution is 14.0. The highest BCUT2D eigenvalue weighted by atomic mass is 127. The Bertz CT molecular complexity index is 755. The van der Waals surface area contributed by atoms with Crippen molar-refractivity contribution in [1.29, 1.82) is 0 Å². The summed E-state index contributed by atoms with van der Waals surface area (Å²) in [6, 6.07) is 14.9. The second kappa shape index (κ2) is 10.4. The van der Waals surface area contributed by atoms with Gasteiger partial charge in [0.2, 0.25) is 0 Å². The fourth-order valence-electron chi connectivity index (χ4n) is 3.20. The molecule has 0 spiro atoms. The fraction of sp³-hybridized carbons (Fsp3) is 0.350. The summed E-state index contributed by atoms with van der Waals surface area (Å²) in [5.74, 6) is -0.898. The third-order valence-electron chi connectivity index (χ3n) is 4.59. The normalized spacial score (nSPS) is 16.8. The van der Waals surface area contributed by atoms with E-state index in [1.54, 1.807) is 13.1 Å². The number of halogens is 3. The van der Waals surface area contributed by atoms with E-state index in [2.05, 4.69) is 32.7 Å². The van der Waals surface area contributed by atoms with Crippen LogP contribution < -0.4 is 15.5 Å². The Hall–Kier alpha value is -1.90. The van der Waals surface area contributed by atoms with Crippen molar-refractivity contribution in [3.63, 3.8) is 0 Å². The minimum Gasteiger partial charge on any atom is -0.369 e. The number of rotatable bonds is 5. The van der Waals surface area contributed by atoms with Gasteiger partial charge >= 0.3 is 0 Å². The van der Waals surface area contributed by atoms with Crippen LogP contribution in [0.25, 0.3) is 0 Å². The minimum atomic E-state index is -0.808. The van der Waals surface area contributed by atoms with Crippen molar-refractivity contribution < 1.29 is 8.78 Å². The molecule has 0 saturated carbocycles. The maximum absolute atomic E-state index is 13.7. The molecular weight excluding hydrogens is 461 g/mol. The van der Waals surface area contributed by atoms with Crippen LogP contribution in [0.2, 0.25) is 0 Å². The van der Waals surface area contributed by atoms with Crippen LogP contribution in [0.5, 0.6) is 0 Å². The van der Waals surface area contributed by atoms with Gasteiger partial charge in [-0.2, -0.15) is 0 Å². The average Bonchev–Trinajstić information content (AvgIpc) is 3.13. The maximum Gasteiger partial charge on any atom is 0.191 e. The Balaban J connectivity index is 0.00000261. The van der Waals surface area contributed by atoms with Gasteiger partial charge in [-0.1, -0.05) is 30.3 Å². The molecule has 2 N–H and O–H groups in total. The highest BCUT2D eigenvalue weighted by Gasteiger charge is 2.23. The van der Waals surface area contributed by atoms with Gasteiger partial charge in [-0.3, -0.25) is 4.99 Å². The first-order chi connectivity index (χ1) is 12.7. The van der Waals surface area contributed by atoms with Crippen molar-refractivity contribution in [3.05, 3.63) is 65.7 Å². The third kappa shape index (κ3) is 5.79. The predicted octanol–water partition coefficient (Wildman–Crippen LogP) is 3.57. The molecule has 27 heavy (non-hydrogen) atoms. The first-order valence-electron chi connectivity index (χ1n) is 8.87. The summed E-state index contributed by atoms with van der Waals surface area (Å²) in [5.41, 5.74) is 1.59. The third-order valence-corrected chi connectivity index (χ3v) is 4.59. The number of hydrogen-bond acceptors (Lipinski definition) is 2. The van der Waals surface area contributed by atoms with E-state index in [4.69, 9.17) is 0 Å². The molecule has 2 aromatic carbocycles. The van der Waals surface area contributed by atoms with E-state index < -0.39 is 11.6 Å². The Morgan fingerprint density at radius 3 is 2.67 bits per heavy atom. The topological polar surface area (TPSA) is 39.7 Å². The Morgan fingerprint density at radius 1 is 1.15 bits per heavy atom. The van der Waals surface area contributed by atoms with Crippen LogP contribution in [0.15, 0.2) is 53.5 Å². The lowest BCUT2D eigenvalue weighted by atomic mass is 10.1. The van der Waals surface area contributed by atoms with Gasteiger partial charge in [0.05, 0.1) is 0 Å². The van der Waals surface area contributed by atoms with E-state index >= 15 is 0 Å². The molecular formula is C20H25F2IN4. The zero-order chi connectivity index (χ0) is 18.4. The minimum absolute atomic E-state index is 0. The Kier molecular flexibility index (Phi) is 8.27. The molecule has 1 unspecified atom stereocenters. The average molecular weight is 486 g/mol. The fourth-order valence-corrected chi connectivity index (χ4v) is 3.20. The summed E-state index contributed by atoms with van der Waals surface area (Å²) < 4.78 is 26.9. The molecule has 0 aromatic heterocycles. The van der Waals surface area contributed by atoms with Gasteiger partial charge < -0.3 is 15.5 Å². The van der Waals surface area contributed by atoms with Crippen LogP contribution in [0.1, 0.15) is 12.0 Å². The van der Waals surface area contributed by atoms with Crippen molar-refractivity contribution in [2.24, 2.45) is 4.99 Å². The lowest BCUT2D eigenvalue weighted by Crippen LogP contribution is -2.45. The SMILES string of the molecule is CN=C(NCCc1cccc(F)c1F)NC1CCN(c2ccccc2)C1.I. The van der Waals surface area contributed by atoms with Crippen LogP contribution in [0.4, 0.5) is 14.5 Å². The molecule has 1 aliphatic heterocycles. The summed E-state index contributed by atoms with van der Waals surface area (Å²) >= 11 is 0. The Labute approximate surface area is 176 Å². The molecule has 2 aromatic rings. The van der Waals surface area contributed by atoms with Gasteiger partial charge in [-0.05, 0) is 36.6 Å². The zero-order valence-corrected chi connectivity index (χ0v) is 17.6. The van der Waals surface area contributed by atoms with Crippen LogP contribution in [-0.4, -0.2) is 38.7 Å². The summed E-state index contributed by atoms with van der Waals surface area (Å²) in [7, 11) is 1.71. The van der Waals surface area contributed by atoms with E-state index in [1.807, 2.05) is 18.2 Å². The molecule has 4 nitrogen and oxygen atoms in total. The lowest BCUT2D eigenvalue weighted by molar-refractivity contribution is 0.498.